The molecule has 5 nitrogen and oxygen atoms in total. The van der Waals surface area contributed by atoms with Gasteiger partial charge >= 0.3 is 0 Å². The molecule has 1 atom stereocenters. The molecule has 2 heterocycles. The van der Waals surface area contributed by atoms with Gasteiger partial charge < -0.3 is 19.2 Å². The third kappa shape index (κ3) is 2.80. The van der Waals surface area contributed by atoms with Crippen molar-refractivity contribution in [2.75, 3.05) is 13.2 Å². The van der Waals surface area contributed by atoms with E-state index in [2.05, 4.69) is 5.32 Å². The highest BCUT2D eigenvalue weighted by atomic mass is 16.6. The van der Waals surface area contributed by atoms with Gasteiger partial charge in [-0.25, -0.2) is 0 Å². The number of benzene rings is 2. The number of furan rings is 1. The first kappa shape index (κ1) is 14.6. The van der Waals surface area contributed by atoms with Crippen molar-refractivity contribution in [1.29, 1.82) is 0 Å². The molecule has 2 aromatic carbocycles. The number of carbonyl (C=O) groups is 1. The van der Waals surface area contributed by atoms with Gasteiger partial charge in [-0.3, -0.25) is 4.79 Å². The Hall–Kier alpha value is -2.95. The molecule has 0 spiro atoms. The fourth-order valence-electron chi connectivity index (χ4n) is 2.71. The van der Waals surface area contributed by atoms with Crippen LogP contribution in [0.2, 0.25) is 0 Å². The topological polar surface area (TPSA) is 60.7 Å². The third-order valence-electron chi connectivity index (χ3n) is 3.96. The molecule has 1 N–H and O–H groups in total. The monoisotopic (exact) mass is 323 g/mol. The highest BCUT2D eigenvalue weighted by Crippen LogP contribution is 2.30. The smallest absolute Gasteiger partial charge is 0.287 e. The van der Waals surface area contributed by atoms with Gasteiger partial charge in [-0.15, -0.1) is 0 Å². The van der Waals surface area contributed by atoms with Crippen molar-refractivity contribution in [2.45, 2.75) is 13.0 Å². The lowest BCUT2D eigenvalue weighted by Crippen LogP contribution is -2.40. The first-order valence-electron chi connectivity index (χ1n) is 7.86. The standard InChI is InChI=1S/C19H17NO4/c1-12-6-7-13-9-18(24-17(13)8-12)19(21)20-10-14-11-22-15-4-2-3-5-16(15)23-14/h2-9,14H,10-11H2,1H3,(H,20,21). The Morgan fingerprint density at radius 3 is 2.88 bits per heavy atom. The summed E-state index contributed by atoms with van der Waals surface area (Å²) in [5.41, 5.74) is 1.81. The fraction of sp³-hybridized carbons (Fsp3) is 0.211. The van der Waals surface area contributed by atoms with Crippen molar-refractivity contribution >= 4 is 16.9 Å². The van der Waals surface area contributed by atoms with E-state index in [0.717, 1.165) is 16.7 Å². The number of fused-ring (bicyclic) bond motifs is 2. The zero-order valence-electron chi connectivity index (χ0n) is 13.2. The molecule has 0 fully saturated rings. The van der Waals surface area contributed by atoms with E-state index in [1.807, 2.05) is 49.4 Å². The van der Waals surface area contributed by atoms with E-state index < -0.39 is 0 Å². The normalized spacial score (nSPS) is 16.1. The summed E-state index contributed by atoms with van der Waals surface area (Å²) in [5, 5.41) is 3.75. The Balaban J connectivity index is 1.41. The quantitative estimate of drug-likeness (QED) is 0.803. The summed E-state index contributed by atoms with van der Waals surface area (Å²) in [7, 11) is 0. The van der Waals surface area contributed by atoms with Crippen molar-refractivity contribution < 1.29 is 18.7 Å². The third-order valence-corrected chi connectivity index (χ3v) is 3.96. The highest BCUT2D eigenvalue weighted by Gasteiger charge is 2.22. The van der Waals surface area contributed by atoms with E-state index in [-0.39, 0.29) is 12.0 Å². The van der Waals surface area contributed by atoms with Gasteiger partial charge in [0.2, 0.25) is 0 Å². The van der Waals surface area contributed by atoms with E-state index in [1.165, 1.54) is 0 Å². The van der Waals surface area contributed by atoms with Gasteiger partial charge in [-0.1, -0.05) is 24.3 Å². The van der Waals surface area contributed by atoms with Crippen molar-refractivity contribution in [3.63, 3.8) is 0 Å². The summed E-state index contributed by atoms with van der Waals surface area (Å²) in [5.74, 6) is 1.47. The van der Waals surface area contributed by atoms with Crippen LogP contribution in [0.3, 0.4) is 0 Å². The molecule has 0 bridgehead atoms. The molecule has 1 unspecified atom stereocenters. The summed E-state index contributed by atoms with van der Waals surface area (Å²) in [6, 6.07) is 15.1. The molecule has 1 aliphatic heterocycles. The van der Waals surface area contributed by atoms with Crippen LogP contribution in [-0.2, 0) is 0 Å². The van der Waals surface area contributed by atoms with E-state index >= 15 is 0 Å². The average Bonchev–Trinajstić information content (AvgIpc) is 3.02. The molecule has 0 radical (unpaired) electrons. The van der Waals surface area contributed by atoms with Crippen LogP contribution in [0.15, 0.2) is 52.9 Å². The largest absolute Gasteiger partial charge is 0.486 e. The second kappa shape index (κ2) is 5.92. The van der Waals surface area contributed by atoms with Crippen LogP contribution in [-0.4, -0.2) is 25.2 Å². The van der Waals surface area contributed by atoms with Crippen LogP contribution in [0, 0.1) is 6.92 Å². The predicted octanol–water partition coefficient (Wildman–Crippen LogP) is 3.31. The molecule has 122 valence electrons. The number of para-hydroxylation sites is 2. The summed E-state index contributed by atoms with van der Waals surface area (Å²) in [4.78, 5) is 12.3. The molecule has 24 heavy (non-hydrogen) atoms. The van der Waals surface area contributed by atoms with Gasteiger partial charge in [0.1, 0.15) is 18.3 Å². The lowest BCUT2D eigenvalue weighted by atomic mass is 10.2. The van der Waals surface area contributed by atoms with Crippen LogP contribution in [0.1, 0.15) is 16.1 Å². The first-order chi connectivity index (χ1) is 11.7. The van der Waals surface area contributed by atoms with Crippen molar-refractivity contribution in [1.82, 2.24) is 5.32 Å². The van der Waals surface area contributed by atoms with Crippen molar-refractivity contribution in [2.24, 2.45) is 0 Å². The molecule has 3 aromatic rings. The van der Waals surface area contributed by atoms with Crippen LogP contribution in [0.25, 0.3) is 11.0 Å². The van der Waals surface area contributed by atoms with Gasteiger partial charge in [0, 0.05) is 5.39 Å². The SMILES string of the molecule is Cc1ccc2cc(C(=O)NCC3COc4ccccc4O3)oc2c1. The zero-order chi connectivity index (χ0) is 16.5. The van der Waals surface area contributed by atoms with E-state index in [9.17, 15) is 4.79 Å². The Morgan fingerprint density at radius 2 is 2.00 bits per heavy atom. The Kier molecular flexibility index (Phi) is 3.61. The zero-order valence-corrected chi connectivity index (χ0v) is 13.2. The number of hydrogen-bond donors (Lipinski definition) is 1. The Bertz CT molecular complexity index is 899. The summed E-state index contributed by atoms with van der Waals surface area (Å²) in [6.45, 7) is 2.74. The molecule has 1 aliphatic rings. The number of ether oxygens (including phenoxy) is 2. The second-order valence-electron chi connectivity index (χ2n) is 5.86. The van der Waals surface area contributed by atoms with Crippen LogP contribution < -0.4 is 14.8 Å². The maximum absolute atomic E-state index is 12.3. The Labute approximate surface area is 139 Å². The van der Waals surface area contributed by atoms with Crippen LogP contribution in [0.4, 0.5) is 0 Å². The van der Waals surface area contributed by atoms with Crippen LogP contribution in [0.5, 0.6) is 11.5 Å². The molecule has 0 saturated carbocycles. The van der Waals surface area contributed by atoms with Gasteiger partial charge in [-0.05, 0) is 36.8 Å². The lowest BCUT2D eigenvalue weighted by Gasteiger charge is -2.26. The molecule has 5 heteroatoms. The predicted molar refractivity (Wildman–Crippen MR) is 89.6 cm³/mol. The number of hydrogen-bond acceptors (Lipinski definition) is 4. The van der Waals surface area contributed by atoms with Gasteiger partial charge in [0.25, 0.3) is 5.91 Å². The van der Waals surface area contributed by atoms with Crippen molar-refractivity contribution in [3.05, 3.63) is 59.9 Å². The summed E-state index contributed by atoms with van der Waals surface area (Å²) in [6.07, 6.45) is -0.226. The van der Waals surface area contributed by atoms with Crippen molar-refractivity contribution in [3.8, 4) is 11.5 Å². The molecule has 1 aromatic heterocycles. The minimum Gasteiger partial charge on any atom is -0.486 e. The van der Waals surface area contributed by atoms with E-state index in [1.54, 1.807) is 6.07 Å². The molecule has 0 aliphatic carbocycles. The van der Waals surface area contributed by atoms with Gasteiger partial charge in [-0.2, -0.15) is 0 Å². The minimum atomic E-state index is -0.258. The minimum absolute atomic E-state index is 0.226. The molecule has 1 amide bonds. The number of carbonyl (C=O) groups excluding carboxylic acids is 1. The number of amides is 1. The number of rotatable bonds is 3. The van der Waals surface area contributed by atoms with E-state index in [0.29, 0.717) is 30.2 Å². The average molecular weight is 323 g/mol. The fourth-order valence-corrected chi connectivity index (χ4v) is 2.71. The van der Waals surface area contributed by atoms with Gasteiger partial charge in [0.05, 0.1) is 6.54 Å². The summed E-state index contributed by atoms with van der Waals surface area (Å²) < 4.78 is 17.1. The maximum Gasteiger partial charge on any atom is 0.287 e. The molecular formula is C19H17NO4. The van der Waals surface area contributed by atoms with Gasteiger partial charge in [0.15, 0.2) is 17.3 Å². The molecular weight excluding hydrogens is 306 g/mol. The molecule has 4 rings (SSSR count). The number of nitrogens with one attached hydrogen (secondary N) is 1. The summed E-state index contributed by atoms with van der Waals surface area (Å²) >= 11 is 0. The molecule has 0 saturated heterocycles. The first-order valence-corrected chi connectivity index (χ1v) is 7.86. The van der Waals surface area contributed by atoms with E-state index in [4.69, 9.17) is 13.9 Å². The Morgan fingerprint density at radius 1 is 1.17 bits per heavy atom. The highest BCUT2D eigenvalue weighted by molar-refractivity contribution is 5.96. The second-order valence-corrected chi connectivity index (χ2v) is 5.86. The maximum atomic E-state index is 12.3. The van der Waals surface area contributed by atoms with Crippen LogP contribution >= 0.6 is 0 Å². The lowest BCUT2D eigenvalue weighted by molar-refractivity contribution is 0.0774. The number of aryl methyl sites for hydroxylation is 1.